The number of aliphatic hydroxyl groups is 1. The van der Waals surface area contributed by atoms with Gasteiger partial charge in [-0.05, 0) is 36.2 Å². The molecule has 2 heterocycles. The van der Waals surface area contributed by atoms with Crippen molar-refractivity contribution in [2.24, 2.45) is 5.73 Å². The third-order valence-corrected chi connectivity index (χ3v) is 5.87. The molecule has 1 saturated heterocycles. The van der Waals surface area contributed by atoms with Crippen LogP contribution in [0.4, 0.5) is 20.3 Å². The van der Waals surface area contributed by atoms with E-state index in [0.717, 1.165) is 0 Å². The second-order valence-corrected chi connectivity index (χ2v) is 7.96. The second kappa shape index (κ2) is 9.44. The number of methoxy groups -OCH3 is 1. The van der Waals surface area contributed by atoms with Crippen LogP contribution in [0, 0.1) is 29.5 Å². The number of β-amino-alcohol motifs (C(OH)–C–C–N with tert-alkyl or cyclic N) is 1. The number of hydrogen-bond acceptors (Lipinski definition) is 6. The minimum Gasteiger partial charge on any atom is -0.494 e. The van der Waals surface area contributed by atoms with Crippen LogP contribution in [0.15, 0.2) is 42.5 Å². The Morgan fingerprint density at radius 3 is 2.56 bits per heavy atom. The van der Waals surface area contributed by atoms with Crippen LogP contribution in [0.5, 0.6) is 5.75 Å². The van der Waals surface area contributed by atoms with Crippen molar-refractivity contribution in [1.82, 2.24) is 4.98 Å². The summed E-state index contributed by atoms with van der Waals surface area (Å²) in [6.45, 7) is 7.83. The first-order chi connectivity index (χ1) is 16.4. The highest BCUT2D eigenvalue weighted by atomic mass is 19.1. The van der Waals surface area contributed by atoms with Crippen molar-refractivity contribution < 1.29 is 18.6 Å². The van der Waals surface area contributed by atoms with E-state index in [1.807, 2.05) is 0 Å². The molecule has 2 aromatic carbocycles. The number of piperidine rings is 1. The maximum absolute atomic E-state index is 14.5. The number of halogens is 2. The Hall–Kier alpha value is -4.05. The largest absolute Gasteiger partial charge is 0.494 e. The quantitative estimate of drug-likeness (QED) is 0.570. The molecule has 2 unspecified atom stereocenters. The number of benzene rings is 2. The van der Waals surface area contributed by atoms with Crippen molar-refractivity contribution in [2.75, 3.05) is 25.1 Å². The number of ether oxygens (including phenoxy) is 1. The van der Waals surface area contributed by atoms with E-state index < -0.39 is 17.7 Å². The molecule has 0 aliphatic carbocycles. The topological polar surface area (TPSA) is 99.8 Å². The molecule has 0 spiro atoms. The van der Waals surface area contributed by atoms with Crippen LogP contribution >= 0.6 is 0 Å². The molecule has 172 valence electrons. The lowest BCUT2D eigenvalue weighted by atomic mass is 9.94. The number of nitrogens with zero attached hydrogens (tertiary/aromatic N) is 4. The van der Waals surface area contributed by atoms with E-state index in [2.05, 4.69) is 10.9 Å². The summed E-state index contributed by atoms with van der Waals surface area (Å²) in [5.74, 6) is -0.907. The van der Waals surface area contributed by atoms with Gasteiger partial charge in [0.1, 0.15) is 11.6 Å². The number of aromatic nitrogens is 1. The third kappa shape index (κ3) is 4.27. The first kappa shape index (κ1) is 23.1. The first-order valence-corrected chi connectivity index (χ1v) is 10.5. The van der Waals surface area contributed by atoms with E-state index in [9.17, 15) is 19.1 Å². The molecule has 0 saturated carbocycles. The Labute approximate surface area is 195 Å². The summed E-state index contributed by atoms with van der Waals surface area (Å²) in [5, 5.41) is 20.2. The molecule has 3 aromatic rings. The number of nitriles is 1. The van der Waals surface area contributed by atoms with Crippen molar-refractivity contribution >= 4 is 11.5 Å². The predicted octanol–water partition coefficient (Wildman–Crippen LogP) is 4.02. The lowest BCUT2D eigenvalue weighted by Gasteiger charge is -2.35. The van der Waals surface area contributed by atoms with Gasteiger partial charge in [-0.15, -0.1) is 0 Å². The molecular formula is C25H21F2N5O2. The summed E-state index contributed by atoms with van der Waals surface area (Å²) >= 11 is 0. The number of nitrogens with two attached hydrogens (primary N) is 1. The molecule has 2 atom stereocenters. The molecular weight excluding hydrogens is 440 g/mol. The Bertz CT molecular complexity index is 1330. The maximum Gasteiger partial charge on any atom is 0.222 e. The van der Waals surface area contributed by atoms with Crippen LogP contribution in [0.3, 0.4) is 0 Å². The SMILES string of the molecule is [C-]#[N+]c1ccc(-c2nc(N3CCC(N)C(O)C3)cc(C#N)c2-c2ccc(OC)c(F)c2)cc1F. The summed E-state index contributed by atoms with van der Waals surface area (Å²) in [4.78, 5) is 9.66. The monoisotopic (exact) mass is 461 g/mol. The minimum absolute atomic E-state index is 0.0412. The number of anilines is 1. The summed E-state index contributed by atoms with van der Waals surface area (Å²) in [6.07, 6.45) is -0.241. The Morgan fingerprint density at radius 2 is 1.94 bits per heavy atom. The molecule has 1 fully saturated rings. The van der Waals surface area contributed by atoms with Crippen molar-refractivity contribution in [2.45, 2.75) is 18.6 Å². The molecule has 3 N–H and O–H groups in total. The number of pyridine rings is 1. The molecule has 1 aliphatic rings. The summed E-state index contributed by atoms with van der Waals surface area (Å²) in [6, 6.07) is 11.6. The Kier molecular flexibility index (Phi) is 6.42. The zero-order valence-electron chi connectivity index (χ0n) is 18.3. The summed E-state index contributed by atoms with van der Waals surface area (Å²) in [5.41, 5.74) is 7.22. The van der Waals surface area contributed by atoms with Crippen LogP contribution < -0.4 is 15.4 Å². The van der Waals surface area contributed by atoms with Crippen molar-refractivity contribution in [3.8, 4) is 34.2 Å². The van der Waals surface area contributed by atoms with Crippen LogP contribution in [0.25, 0.3) is 27.2 Å². The smallest absolute Gasteiger partial charge is 0.222 e. The van der Waals surface area contributed by atoms with E-state index in [1.165, 1.54) is 37.4 Å². The maximum atomic E-state index is 14.5. The number of rotatable bonds is 4. The van der Waals surface area contributed by atoms with Crippen molar-refractivity contribution in [3.63, 3.8) is 0 Å². The van der Waals surface area contributed by atoms with Crippen LogP contribution in [0.1, 0.15) is 12.0 Å². The highest BCUT2D eigenvalue weighted by Gasteiger charge is 2.27. The summed E-state index contributed by atoms with van der Waals surface area (Å²) in [7, 11) is 1.35. The summed E-state index contributed by atoms with van der Waals surface area (Å²) < 4.78 is 34.1. The number of aliphatic hydroxyl groups excluding tert-OH is 1. The Morgan fingerprint density at radius 1 is 1.21 bits per heavy atom. The standard InChI is InChI=1S/C25H21F2N5O2/c1-30-20-5-3-15(10-17(20)26)25-24(14-4-6-22(34-2)18(27)9-14)16(12-28)11-23(31-25)32-8-7-19(29)21(33)13-32/h3-6,9-11,19,21,33H,7-8,13,29H2,2H3. The molecule has 1 aromatic heterocycles. The fraction of sp³-hybridized carbons (Fsp3) is 0.240. The molecule has 4 rings (SSSR count). The lowest BCUT2D eigenvalue weighted by molar-refractivity contribution is 0.131. The zero-order valence-corrected chi connectivity index (χ0v) is 18.3. The highest BCUT2D eigenvalue weighted by Crippen LogP contribution is 2.38. The fourth-order valence-corrected chi connectivity index (χ4v) is 4.01. The van der Waals surface area contributed by atoms with Gasteiger partial charge in [0.2, 0.25) is 5.69 Å². The Balaban J connectivity index is 1.95. The van der Waals surface area contributed by atoms with E-state index in [0.29, 0.717) is 35.5 Å². The van der Waals surface area contributed by atoms with Crippen LogP contribution in [0.2, 0.25) is 0 Å². The van der Waals surface area contributed by atoms with Gasteiger partial charge in [0.15, 0.2) is 11.6 Å². The predicted molar refractivity (Wildman–Crippen MR) is 123 cm³/mol. The highest BCUT2D eigenvalue weighted by molar-refractivity contribution is 5.87. The van der Waals surface area contributed by atoms with E-state index in [1.54, 1.807) is 17.0 Å². The van der Waals surface area contributed by atoms with Gasteiger partial charge in [-0.2, -0.15) is 5.26 Å². The van der Waals surface area contributed by atoms with E-state index >= 15 is 0 Å². The molecule has 1 aliphatic heterocycles. The fourth-order valence-electron chi connectivity index (χ4n) is 4.01. The third-order valence-electron chi connectivity index (χ3n) is 5.87. The van der Waals surface area contributed by atoms with Gasteiger partial charge in [-0.25, -0.2) is 18.6 Å². The number of hydrogen-bond donors (Lipinski definition) is 2. The van der Waals surface area contributed by atoms with Gasteiger partial charge < -0.3 is 20.5 Å². The van der Waals surface area contributed by atoms with Crippen LogP contribution in [-0.2, 0) is 0 Å². The molecule has 0 amide bonds. The molecule has 0 radical (unpaired) electrons. The normalized spacial score (nSPS) is 17.7. The van der Waals surface area contributed by atoms with Crippen molar-refractivity contribution in [3.05, 3.63) is 71.1 Å². The average molecular weight is 461 g/mol. The van der Waals surface area contributed by atoms with E-state index in [4.69, 9.17) is 22.0 Å². The van der Waals surface area contributed by atoms with Crippen LogP contribution in [-0.4, -0.2) is 42.4 Å². The van der Waals surface area contributed by atoms with Gasteiger partial charge in [0, 0.05) is 30.3 Å². The van der Waals surface area contributed by atoms with Crippen molar-refractivity contribution in [1.29, 1.82) is 5.26 Å². The van der Waals surface area contributed by atoms with Gasteiger partial charge in [-0.1, -0.05) is 18.2 Å². The molecule has 7 nitrogen and oxygen atoms in total. The van der Waals surface area contributed by atoms with Gasteiger partial charge in [0.25, 0.3) is 0 Å². The lowest BCUT2D eigenvalue weighted by Crippen LogP contribution is -2.50. The minimum atomic E-state index is -0.768. The molecule has 9 heteroatoms. The van der Waals surface area contributed by atoms with Gasteiger partial charge >= 0.3 is 0 Å². The molecule has 0 bridgehead atoms. The van der Waals surface area contributed by atoms with E-state index in [-0.39, 0.29) is 35.3 Å². The second-order valence-electron chi connectivity index (χ2n) is 7.96. The van der Waals surface area contributed by atoms with Gasteiger partial charge in [0.05, 0.1) is 37.1 Å². The molecule has 34 heavy (non-hydrogen) atoms. The van der Waals surface area contributed by atoms with Gasteiger partial charge in [-0.3, -0.25) is 0 Å². The first-order valence-electron chi connectivity index (χ1n) is 10.5. The zero-order chi connectivity index (χ0) is 24.4. The average Bonchev–Trinajstić information content (AvgIpc) is 2.84.